The average Bonchev–Trinajstić information content (AvgIpc) is 2.10. The van der Waals surface area contributed by atoms with Crippen molar-refractivity contribution in [3.05, 3.63) is 0 Å². The summed E-state index contributed by atoms with van der Waals surface area (Å²) in [4.78, 5) is 2.36. The number of nitrogens with zero attached hydrogens (tertiary/aromatic N) is 1. The fraction of sp³-hybridized carbons (Fsp3) is 1.00. The van der Waals surface area contributed by atoms with Crippen molar-refractivity contribution in [2.24, 2.45) is 17.1 Å². The molecule has 0 aromatic carbocycles. The van der Waals surface area contributed by atoms with Crippen LogP contribution in [0, 0.1) is 11.3 Å². The Balaban J connectivity index is 4.87. The van der Waals surface area contributed by atoms with E-state index in [0.717, 1.165) is 6.54 Å². The van der Waals surface area contributed by atoms with Crippen LogP contribution in [0.3, 0.4) is 0 Å². The molecule has 0 aliphatic heterocycles. The second-order valence-electron chi connectivity index (χ2n) is 6.31. The molecule has 0 aliphatic carbocycles. The van der Waals surface area contributed by atoms with E-state index in [9.17, 15) is 0 Å². The first kappa shape index (κ1) is 15.9. The van der Waals surface area contributed by atoms with E-state index in [1.807, 2.05) is 0 Å². The maximum absolute atomic E-state index is 5.99. The zero-order chi connectivity index (χ0) is 13.0. The van der Waals surface area contributed by atoms with Gasteiger partial charge in [-0.05, 0) is 18.4 Å². The predicted molar refractivity (Wildman–Crippen MR) is 70.6 cm³/mol. The number of hydrogen-bond donors (Lipinski definition) is 1. The highest BCUT2D eigenvalue weighted by Crippen LogP contribution is 2.27. The molecule has 0 aromatic rings. The van der Waals surface area contributed by atoms with Crippen molar-refractivity contribution in [1.82, 2.24) is 4.90 Å². The van der Waals surface area contributed by atoms with Crippen molar-refractivity contribution >= 4 is 0 Å². The van der Waals surface area contributed by atoms with Gasteiger partial charge in [0.15, 0.2) is 0 Å². The monoisotopic (exact) mass is 230 g/mol. The molecule has 0 fully saturated rings. The predicted octanol–water partition coefficient (Wildman–Crippen LogP) is 1.96. The van der Waals surface area contributed by atoms with Gasteiger partial charge in [-0.2, -0.15) is 0 Å². The summed E-state index contributed by atoms with van der Waals surface area (Å²) in [6.45, 7) is 13.5. The molecular weight excluding hydrogens is 200 g/mol. The third-order valence-electron chi connectivity index (χ3n) is 3.29. The summed E-state index contributed by atoms with van der Waals surface area (Å²) >= 11 is 0. The van der Waals surface area contributed by atoms with Crippen molar-refractivity contribution in [1.29, 1.82) is 0 Å². The van der Waals surface area contributed by atoms with E-state index < -0.39 is 0 Å². The van der Waals surface area contributed by atoms with Gasteiger partial charge >= 0.3 is 0 Å². The van der Waals surface area contributed by atoms with E-state index in [1.54, 1.807) is 7.11 Å². The van der Waals surface area contributed by atoms with Crippen LogP contribution >= 0.6 is 0 Å². The zero-order valence-electron chi connectivity index (χ0n) is 12.1. The van der Waals surface area contributed by atoms with E-state index in [1.165, 1.54) is 0 Å². The van der Waals surface area contributed by atoms with Gasteiger partial charge in [0, 0.05) is 20.2 Å². The van der Waals surface area contributed by atoms with E-state index in [2.05, 4.69) is 46.6 Å². The molecule has 0 heterocycles. The number of rotatable bonds is 6. The average molecular weight is 230 g/mol. The second-order valence-corrected chi connectivity index (χ2v) is 6.31. The van der Waals surface area contributed by atoms with Crippen LogP contribution in [-0.4, -0.2) is 44.3 Å². The highest BCUT2D eigenvalue weighted by molar-refractivity contribution is 4.94. The van der Waals surface area contributed by atoms with Gasteiger partial charge in [0.1, 0.15) is 0 Å². The van der Waals surface area contributed by atoms with Crippen LogP contribution in [0.2, 0.25) is 0 Å². The second kappa shape index (κ2) is 5.99. The smallest absolute Gasteiger partial charge is 0.0661 e. The minimum Gasteiger partial charge on any atom is -0.383 e. The Morgan fingerprint density at radius 2 is 1.75 bits per heavy atom. The minimum absolute atomic E-state index is 0.0535. The van der Waals surface area contributed by atoms with Gasteiger partial charge in [0.05, 0.1) is 12.1 Å². The van der Waals surface area contributed by atoms with Gasteiger partial charge in [0.25, 0.3) is 0 Å². The Labute approximate surface area is 101 Å². The molecule has 0 bridgehead atoms. The van der Waals surface area contributed by atoms with Gasteiger partial charge < -0.3 is 10.5 Å². The normalized spacial score (nSPS) is 16.9. The molecule has 0 amide bonds. The van der Waals surface area contributed by atoms with Crippen molar-refractivity contribution in [2.45, 2.75) is 40.2 Å². The Hall–Kier alpha value is -0.120. The summed E-state index contributed by atoms with van der Waals surface area (Å²) in [6, 6.07) is 0. The Morgan fingerprint density at radius 1 is 1.25 bits per heavy atom. The summed E-state index contributed by atoms with van der Waals surface area (Å²) in [5.74, 6) is 0.477. The van der Waals surface area contributed by atoms with E-state index in [-0.39, 0.29) is 11.0 Å². The van der Waals surface area contributed by atoms with Crippen molar-refractivity contribution in [2.75, 3.05) is 33.9 Å². The van der Waals surface area contributed by atoms with Gasteiger partial charge in [-0.15, -0.1) is 0 Å². The molecule has 0 saturated carbocycles. The maximum atomic E-state index is 5.99. The van der Waals surface area contributed by atoms with E-state index in [0.29, 0.717) is 19.1 Å². The summed E-state index contributed by atoms with van der Waals surface area (Å²) in [5.41, 5.74) is 6.21. The van der Waals surface area contributed by atoms with Crippen LogP contribution in [0.15, 0.2) is 0 Å². The van der Waals surface area contributed by atoms with Crippen LogP contribution in [0.1, 0.15) is 34.6 Å². The molecule has 16 heavy (non-hydrogen) atoms. The van der Waals surface area contributed by atoms with Crippen LogP contribution in [0.4, 0.5) is 0 Å². The molecule has 1 unspecified atom stereocenters. The molecular formula is C13H30N2O. The lowest BCUT2D eigenvalue weighted by Crippen LogP contribution is -2.60. The lowest BCUT2D eigenvalue weighted by atomic mass is 9.83. The van der Waals surface area contributed by atoms with Crippen LogP contribution < -0.4 is 5.73 Å². The molecule has 0 radical (unpaired) electrons. The van der Waals surface area contributed by atoms with E-state index >= 15 is 0 Å². The SMILES string of the molecule is COCC(CN)(C(C)C)N(C)CC(C)(C)C. The molecule has 0 rings (SSSR count). The lowest BCUT2D eigenvalue weighted by Gasteiger charge is -2.46. The molecule has 3 nitrogen and oxygen atoms in total. The number of nitrogens with two attached hydrogens (primary N) is 1. The van der Waals surface area contributed by atoms with Crippen molar-refractivity contribution in [3.63, 3.8) is 0 Å². The summed E-state index contributed by atoms with van der Waals surface area (Å²) in [5, 5.41) is 0. The van der Waals surface area contributed by atoms with Crippen molar-refractivity contribution in [3.8, 4) is 0 Å². The largest absolute Gasteiger partial charge is 0.383 e. The Kier molecular flexibility index (Phi) is 5.94. The number of hydrogen-bond acceptors (Lipinski definition) is 3. The third-order valence-corrected chi connectivity index (χ3v) is 3.29. The topological polar surface area (TPSA) is 38.5 Å². The lowest BCUT2D eigenvalue weighted by molar-refractivity contribution is -0.0157. The van der Waals surface area contributed by atoms with Crippen LogP contribution in [0.25, 0.3) is 0 Å². The van der Waals surface area contributed by atoms with Crippen molar-refractivity contribution < 1.29 is 4.74 Å². The highest BCUT2D eigenvalue weighted by Gasteiger charge is 2.38. The van der Waals surface area contributed by atoms with Crippen LogP contribution in [-0.2, 0) is 4.74 Å². The molecule has 0 saturated heterocycles. The standard InChI is InChI=1S/C13H30N2O/c1-11(2)13(8-14,10-16-7)15(6)9-12(3,4)5/h11H,8-10,14H2,1-7H3. The highest BCUT2D eigenvalue weighted by atomic mass is 16.5. The summed E-state index contributed by atoms with van der Waals surface area (Å²) in [7, 11) is 3.90. The fourth-order valence-corrected chi connectivity index (χ4v) is 2.29. The molecule has 98 valence electrons. The zero-order valence-corrected chi connectivity index (χ0v) is 12.1. The number of ether oxygens (including phenoxy) is 1. The molecule has 3 heteroatoms. The molecule has 0 aromatic heterocycles. The van der Waals surface area contributed by atoms with E-state index in [4.69, 9.17) is 10.5 Å². The van der Waals surface area contributed by atoms with Gasteiger partial charge in [-0.3, -0.25) is 4.90 Å². The Bertz CT molecular complexity index is 199. The maximum Gasteiger partial charge on any atom is 0.0661 e. The number of methoxy groups -OCH3 is 1. The van der Waals surface area contributed by atoms with Gasteiger partial charge in [0.2, 0.25) is 0 Å². The number of likely N-dealkylation sites (N-methyl/N-ethyl adjacent to an activating group) is 1. The summed E-state index contributed by atoms with van der Waals surface area (Å²) in [6.07, 6.45) is 0. The minimum atomic E-state index is -0.0535. The van der Waals surface area contributed by atoms with Gasteiger partial charge in [-0.25, -0.2) is 0 Å². The first-order valence-corrected chi connectivity index (χ1v) is 6.10. The summed E-state index contributed by atoms with van der Waals surface area (Å²) < 4.78 is 5.37. The molecule has 1 atom stereocenters. The third kappa shape index (κ3) is 4.04. The molecule has 0 spiro atoms. The first-order chi connectivity index (χ1) is 7.19. The quantitative estimate of drug-likeness (QED) is 0.758. The van der Waals surface area contributed by atoms with Gasteiger partial charge in [-0.1, -0.05) is 34.6 Å². The fourth-order valence-electron chi connectivity index (χ4n) is 2.29. The van der Waals surface area contributed by atoms with Crippen LogP contribution in [0.5, 0.6) is 0 Å². The Morgan fingerprint density at radius 3 is 2.00 bits per heavy atom. The molecule has 2 N–H and O–H groups in total. The first-order valence-electron chi connectivity index (χ1n) is 6.10. The molecule has 0 aliphatic rings.